The first-order valence-electron chi connectivity index (χ1n) is 6.58. The lowest BCUT2D eigenvalue weighted by Crippen LogP contribution is -1.99. The fourth-order valence-electron chi connectivity index (χ4n) is 2.06. The zero-order valence-electron chi connectivity index (χ0n) is 11.4. The molecule has 0 unspecified atom stereocenters. The molecule has 0 saturated heterocycles. The van der Waals surface area contributed by atoms with E-state index < -0.39 is 11.9 Å². The van der Waals surface area contributed by atoms with Crippen molar-refractivity contribution in [1.82, 2.24) is 4.98 Å². The van der Waals surface area contributed by atoms with Crippen LogP contribution in [0.25, 0.3) is 10.2 Å². The van der Waals surface area contributed by atoms with E-state index in [-0.39, 0.29) is 5.56 Å². The molecule has 5 heteroatoms. The lowest BCUT2D eigenvalue weighted by atomic mass is 10.1. The van der Waals surface area contributed by atoms with Crippen LogP contribution in [0, 0.1) is 5.82 Å². The van der Waals surface area contributed by atoms with Crippen LogP contribution in [0.3, 0.4) is 0 Å². The van der Waals surface area contributed by atoms with Crippen LogP contribution in [0.2, 0.25) is 0 Å². The molecule has 0 aliphatic carbocycles. The third-order valence-corrected chi connectivity index (χ3v) is 4.13. The van der Waals surface area contributed by atoms with Gasteiger partial charge in [-0.25, -0.2) is 9.37 Å². The second kappa shape index (κ2) is 5.79. The predicted octanol–water partition coefficient (Wildman–Crippen LogP) is 4.07. The van der Waals surface area contributed by atoms with E-state index >= 15 is 0 Å². The molecule has 0 aliphatic heterocycles. The Hall–Kier alpha value is -1.98. The van der Waals surface area contributed by atoms with Gasteiger partial charge in [0, 0.05) is 11.6 Å². The molecular weight excluding hydrogens is 289 g/mol. The zero-order valence-corrected chi connectivity index (χ0v) is 12.2. The smallest absolute Gasteiger partial charge is 0.140 e. The molecule has 108 valence electrons. The van der Waals surface area contributed by atoms with Gasteiger partial charge < -0.3 is 9.84 Å². The molecule has 3 nitrogen and oxygen atoms in total. The number of hydrogen-bond acceptors (Lipinski definition) is 4. The number of para-hydroxylation sites is 1. The van der Waals surface area contributed by atoms with E-state index in [1.165, 1.54) is 19.1 Å². The van der Waals surface area contributed by atoms with E-state index in [1.54, 1.807) is 17.4 Å². The third-order valence-electron chi connectivity index (χ3n) is 3.12. The van der Waals surface area contributed by atoms with Crippen molar-refractivity contribution >= 4 is 21.6 Å². The highest BCUT2D eigenvalue weighted by molar-refractivity contribution is 7.18. The van der Waals surface area contributed by atoms with Gasteiger partial charge in [-0.1, -0.05) is 12.1 Å². The van der Waals surface area contributed by atoms with E-state index in [1.807, 2.05) is 24.3 Å². The number of aromatic nitrogens is 1. The number of aliphatic hydroxyl groups is 1. The molecule has 1 atom stereocenters. The van der Waals surface area contributed by atoms with E-state index in [9.17, 15) is 9.50 Å². The minimum absolute atomic E-state index is 0.266. The number of benzene rings is 2. The first kappa shape index (κ1) is 14.0. The summed E-state index contributed by atoms with van der Waals surface area (Å²) in [6, 6.07) is 12.3. The predicted molar refractivity (Wildman–Crippen MR) is 81.0 cm³/mol. The monoisotopic (exact) mass is 303 g/mol. The third kappa shape index (κ3) is 3.04. The Kier molecular flexibility index (Phi) is 3.86. The molecular formula is C16H14FNO2S. The minimum Gasteiger partial charge on any atom is -0.486 e. The van der Waals surface area contributed by atoms with Gasteiger partial charge in [0.1, 0.15) is 23.2 Å². The molecule has 21 heavy (non-hydrogen) atoms. The van der Waals surface area contributed by atoms with Crippen LogP contribution < -0.4 is 4.74 Å². The normalized spacial score (nSPS) is 12.5. The largest absolute Gasteiger partial charge is 0.486 e. The van der Waals surface area contributed by atoms with Gasteiger partial charge in [0.2, 0.25) is 0 Å². The van der Waals surface area contributed by atoms with Crippen LogP contribution in [0.4, 0.5) is 4.39 Å². The average Bonchev–Trinajstić information content (AvgIpc) is 2.87. The quantitative estimate of drug-likeness (QED) is 0.790. The Morgan fingerprint density at radius 3 is 2.81 bits per heavy atom. The number of rotatable bonds is 4. The number of nitrogens with zero attached hydrogens (tertiary/aromatic N) is 1. The van der Waals surface area contributed by atoms with Crippen LogP contribution in [0.1, 0.15) is 23.6 Å². The summed E-state index contributed by atoms with van der Waals surface area (Å²) in [5.74, 6) is -0.0389. The summed E-state index contributed by atoms with van der Waals surface area (Å²) < 4.78 is 20.4. The molecule has 0 bridgehead atoms. The van der Waals surface area contributed by atoms with E-state index in [4.69, 9.17) is 4.74 Å². The molecule has 0 radical (unpaired) electrons. The number of hydrogen-bond donors (Lipinski definition) is 1. The van der Waals surface area contributed by atoms with Gasteiger partial charge >= 0.3 is 0 Å². The fraction of sp³-hybridized carbons (Fsp3) is 0.188. The van der Waals surface area contributed by atoms with E-state index in [2.05, 4.69) is 4.98 Å². The van der Waals surface area contributed by atoms with Gasteiger partial charge in [0.05, 0.1) is 16.3 Å². The van der Waals surface area contributed by atoms with Gasteiger partial charge in [0.15, 0.2) is 0 Å². The van der Waals surface area contributed by atoms with Crippen molar-refractivity contribution in [1.29, 1.82) is 0 Å². The van der Waals surface area contributed by atoms with E-state index in [0.29, 0.717) is 12.4 Å². The summed E-state index contributed by atoms with van der Waals surface area (Å²) in [7, 11) is 0. The molecule has 3 rings (SSSR count). The van der Waals surface area contributed by atoms with Crippen LogP contribution in [-0.2, 0) is 6.61 Å². The first-order chi connectivity index (χ1) is 10.1. The van der Waals surface area contributed by atoms with Gasteiger partial charge in [-0.2, -0.15) is 0 Å². The molecule has 1 aromatic heterocycles. The Balaban J connectivity index is 1.74. The Labute approximate surface area is 125 Å². The molecule has 0 fully saturated rings. The topological polar surface area (TPSA) is 42.4 Å². The highest BCUT2D eigenvalue weighted by Crippen LogP contribution is 2.25. The van der Waals surface area contributed by atoms with Crippen molar-refractivity contribution in [3.05, 3.63) is 58.9 Å². The second-order valence-corrected chi connectivity index (χ2v) is 5.84. The highest BCUT2D eigenvalue weighted by Gasteiger charge is 2.10. The SMILES string of the molecule is C[C@H](O)c1ccc(OCc2nc3ccccc3s2)cc1F. The Morgan fingerprint density at radius 2 is 2.10 bits per heavy atom. The van der Waals surface area contributed by atoms with Crippen molar-refractivity contribution in [2.45, 2.75) is 19.6 Å². The first-order valence-corrected chi connectivity index (χ1v) is 7.40. The maximum Gasteiger partial charge on any atom is 0.140 e. The fourth-order valence-corrected chi connectivity index (χ4v) is 2.94. The summed E-state index contributed by atoms with van der Waals surface area (Å²) in [5, 5.41) is 10.2. The van der Waals surface area contributed by atoms with Gasteiger partial charge in [0.25, 0.3) is 0 Å². The van der Waals surface area contributed by atoms with Crippen molar-refractivity contribution in [2.24, 2.45) is 0 Å². The van der Waals surface area contributed by atoms with Crippen molar-refractivity contribution < 1.29 is 14.2 Å². The number of halogens is 1. The van der Waals surface area contributed by atoms with Gasteiger partial charge in [-0.15, -0.1) is 11.3 Å². The summed E-state index contributed by atoms with van der Waals surface area (Å²) in [6.07, 6.45) is -0.830. The Bertz CT molecular complexity index is 737. The maximum atomic E-state index is 13.7. The van der Waals surface area contributed by atoms with Crippen molar-refractivity contribution in [3.63, 3.8) is 0 Å². The summed E-state index contributed by atoms with van der Waals surface area (Å²) in [5.41, 5.74) is 1.21. The zero-order chi connectivity index (χ0) is 14.8. The second-order valence-electron chi connectivity index (χ2n) is 4.72. The summed E-state index contributed by atoms with van der Waals surface area (Å²) >= 11 is 1.56. The van der Waals surface area contributed by atoms with Gasteiger partial charge in [-0.3, -0.25) is 0 Å². The van der Waals surface area contributed by atoms with Gasteiger partial charge in [-0.05, 0) is 31.2 Å². The van der Waals surface area contributed by atoms with Crippen molar-refractivity contribution in [2.75, 3.05) is 0 Å². The molecule has 0 aliphatic rings. The van der Waals surface area contributed by atoms with Crippen molar-refractivity contribution in [3.8, 4) is 5.75 Å². The van der Waals surface area contributed by atoms with E-state index in [0.717, 1.165) is 15.2 Å². The number of ether oxygens (including phenoxy) is 1. The molecule has 3 aromatic rings. The summed E-state index contributed by atoms with van der Waals surface area (Å²) in [6.45, 7) is 1.83. The molecule has 0 amide bonds. The molecule has 0 spiro atoms. The maximum absolute atomic E-state index is 13.7. The number of aliphatic hydroxyl groups excluding tert-OH is 1. The molecule has 1 N–H and O–H groups in total. The van der Waals surface area contributed by atoms with Crippen LogP contribution in [0.15, 0.2) is 42.5 Å². The lowest BCUT2D eigenvalue weighted by Gasteiger charge is -2.09. The number of fused-ring (bicyclic) bond motifs is 1. The molecule has 0 saturated carbocycles. The highest BCUT2D eigenvalue weighted by atomic mass is 32.1. The number of thiazole rings is 1. The summed E-state index contributed by atoms with van der Waals surface area (Å²) in [4.78, 5) is 4.46. The van der Waals surface area contributed by atoms with Crippen LogP contribution in [0.5, 0.6) is 5.75 Å². The molecule has 2 aromatic carbocycles. The molecule has 1 heterocycles. The standard InChI is InChI=1S/C16H14FNO2S/c1-10(19)12-7-6-11(8-13(12)17)20-9-16-18-14-4-2-3-5-15(14)21-16/h2-8,10,19H,9H2,1H3/t10-/m0/s1. The Morgan fingerprint density at radius 1 is 1.29 bits per heavy atom. The van der Waals surface area contributed by atoms with Crippen LogP contribution in [-0.4, -0.2) is 10.1 Å². The minimum atomic E-state index is -0.830. The average molecular weight is 303 g/mol. The van der Waals surface area contributed by atoms with Crippen LogP contribution >= 0.6 is 11.3 Å². The lowest BCUT2D eigenvalue weighted by molar-refractivity contribution is 0.194.